The molecule has 1 fully saturated rings. The van der Waals surface area contributed by atoms with Crippen LogP contribution in [0.3, 0.4) is 0 Å². The smallest absolute Gasteiger partial charge is 0.300 e. The van der Waals surface area contributed by atoms with E-state index in [4.69, 9.17) is 14.2 Å². The number of carbonyl (C=O) groups is 2. The number of methoxy groups -OCH3 is 3. The third kappa shape index (κ3) is 3.65. The van der Waals surface area contributed by atoms with Crippen LogP contribution in [0.1, 0.15) is 17.2 Å². The normalized spacial score (nSPS) is 17.2. The lowest BCUT2D eigenvalue weighted by Crippen LogP contribution is -2.29. The van der Waals surface area contributed by atoms with Gasteiger partial charge in [0.2, 0.25) is 0 Å². The molecule has 1 unspecified atom stereocenters. The fraction of sp³-hybridized carbons (Fsp3) is 0.160. The van der Waals surface area contributed by atoms with Gasteiger partial charge in [-0.05, 0) is 42.0 Å². The van der Waals surface area contributed by atoms with Crippen LogP contribution < -0.4 is 19.1 Å². The van der Waals surface area contributed by atoms with E-state index in [9.17, 15) is 14.7 Å². The molecule has 0 radical (unpaired) electrons. The number of anilines is 1. The van der Waals surface area contributed by atoms with E-state index in [1.807, 2.05) is 0 Å². The Kier molecular flexibility index (Phi) is 5.99. The topological polar surface area (TPSA) is 98.2 Å². The summed E-state index contributed by atoms with van der Waals surface area (Å²) < 4.78 is 16.3. The molecule has 3 aromatic rings. The van der Waals surface area contributed by atoms with Crippen LogP contribution >= 0.6 is 0 Å². The highest BCUT2D eigenvalue weighted by atomic mass is 16.5. The number of aliphatic hydroxyl groups excluding tert-OH is 1. The molecule has 0 aliphatic carbocycles. The van der Waals surface area contributed by atoms with E-state index in [1.165, 1.54) is 26.2 Å². The van der Waals surface area contributed by atoms with Crippen molar-refractivity contribution in [3.05, 3.63) is 83.7 Å². The molecule has 0 saturated carbocycles. The standard InChI is InChI=1S/C25H22N2O6/c1-31-17-8-5-4-7-16(17)27-22(15-11-13-26-14-12-15)21(24(29)25(27)30)23(28)20-18(32-2)9-6-10-19(20)33-3/h4-14,22,28H,1-3H3/b23-21+. The summed E-state index contributed by atoms with van der Waals surface area (Å²) in [5.74, 6) is -1.03. The molecule has 1 aliphatic heterocycles. The average Bonchev–Trinajstić information content (AvgIpc) is 3.13. The average molecular weight is 446 g/mol. The van der Waals surface area contributed by atoms with E-state index in [2.05, 4.69) is 4.98 Å². The number of hydrogen-bond acceptors (Lipinski definition) is 7. The molecular weight excluding hydrogens is 424 g/mol. The Balaban J connectivity index is 2.03. The number of nitrogens with zero attached hydrogens (tertiary/aromatic N) is 2. The number of para-hydroxylation sites is 2. The van der Waals surface area contributed by atoms with E-state index < -0.39 is 23.5 Å². The summed E-state index contributed by atoms with van der Waals surface area (Å²) in [6, 6.07) is 14.3. The molecule has 33 heavy (non-hydrogen) atoms. The van der Waals surface area contributed by atoms with Crippen LogP contribution in [0.4, 0.5) is 5.69 Å². The highest BCUT2D eigenvalue weighted by molar-refractivity contribution is 6.52. The van der Waals surface area contributed by atoms with Gasteiger partial charge in [0.1, 0.15) is 28.6 Å². The van der Waals surface area contributed by atoms with Gasteiger partial charge in [-0.1, -0.05) is 18.2 Å². The van der Waals surface area contributed by atoms with Gasteiger partial charge in [0.05, 0.1) is 38.6 Å². The summed E-state index contributed by atoms with van der Waals surface area (Å²) in [5, 5.41) is 11.4. The van der Waals surface area contributed by atoms with Gasteiger partial charge in [0.15, 0.2) is 0 Å². The van der Waals surface area contributed by atoms with Crippen molar-refractivity contribution in [1.82, 2.24) is 4.98 Å². The Morgan fingerprint density at radius 2 is 1.42 bits per heavy atom. The van der Waals surface area contributed by atoms with Gasteiger partial charge < -0.3 is 19.3 Å². The van der Waals surface area contributed by atoms with Gasteiger partial charge in [0, 0.05) is 12.4 Å². The quantitative estimate of drug-likeness (QED) is 0.350. The van der Waals surface area contributed by atoms with Crippen molar-refractivity contribution in [1.29, 1.82) is 0 Å². The molecule has 0 spiro atoms. The Hall–Kier alpha value is -4.33. The molecule has 8 heteroatoms. The Morgan fingerprint density at radius 1 is 0.848 bits per heavy atom. The monoisotopic (exact) mass is 446 g/mol. The first-order valence-corrected chi connectivity index (χ1v) is 10.1. The minimum atomic E-state index is -0.932. The van der Waals surface area contributed by atoms with Crippen LogP contribution in [-0.4, -0.2) is 43.1 Å². The molecule has 1 amide bonds. The first kappa shape index (κ1) is 21.9. The first-order chi connectivity index (χ1) is 16.0. The fourth-order valence-electron chi connectivity index (χ4n) is 3.99. The number of aliphatic hydroxyl groups is 1. The van der Waals surface area contributed by atoms with Crippen molar-refractivity contribution in [2.45, 2.75) is 6.04 Å². The second-order valence-electron chi connectivity index (χ2n) is 7.16. The number of amides is 1. The minimum Gasteiger partial charge on any atom is -0.506 e. The van der Waals surface area contributed by atoms with Gasteiger partial charge in [-0.15, -0.1) is 0 Å². The van der Waals surface area contributed by atoms with Crippen molar-refractivity contribution in [3.63, 3.8) is 0 Å². The number of carbonyl (C=O) groups excluding carboxylic acids is 2. The van der Waals surface area contributed by atoms with Crippen molar-refractivity contribution in [3.8, 4) is 17.2 Å². The highest BCUT2D eigenvalue weighted by Gasteiger charge is 2.48. The summed E-state index contributed by atoms with van der Waals surface area (Å²) in [4.78, 5) is 32.0. The number of hydrogen-bond donors (Lipinski definition) is 1. The maximum Gasteiger partial charge on any atom is 0.300 e. The molecule has 2 aromatic carbocycles. The van der Waals surface area contributed by atoms with Gasteiger partial charge >= 0.3 is 0 Å². The number of Topliss-reactive ketones (excluding diaryl/α,β-unsaturated/α-hetero) is 1. The van der Waals surface area contributed by atoms with E-state index in [0.717, 1.165) is 0 Å². The third-order valence-corrected chi connectivity index (χ3v) is 5.48. The first-order valence-electron chi connectivity index (χ1n) is 10.1. The van der Waals surface area contributed by atoms with E-state index >= 15 is 0 Å². The summed E-state index contributed by atoms with van der Waals surface area (Å²) in [5.41, 5.74) is 1.07. The summed E-state index contributed by atoms with van der Waals surface area (Å²) >= 11 is 0. The Bertz CT molecular complexity index is 1220. The van der Waals surface area contributed by atoms with Crippen molar-refractivity contribution < 1.29 is 28.9 Å². The van der Waals surface area contributed by atoms with Gasteiger partial charge in [-0.2, -0.15) is 0 Å². The van der Waals surface area contributed by atoms with E-state index in [-0.39, 0.29) is 11.1 Å². The maximum absolute atomic E-state index is 13.3. The molecule has 1 saturated heterocycles. The predicted molar refractivity (Wildman–Crippen MR) is 122 cm³/mol. The van der Waals surface area contributed by atoms with Crippen molar-refractivity contribution in [2.75, 3.05) is 26.2 Å². The molecule has 1 aliphatic rings. The second kappa shape index (κ2) is 9.04. The number of ketones is 1. The third-order valence-electron chi connectivity index (χ3n) is 5.48. The Morgan fingerprint density at radius 3 is 2.03 bits per heavy atom. The maximum atomic E-state index is 13.3. The van der Waals surface area contributed by atoms with Gasteiger partial charge in [0.25, 0.3) is 11.7 Å². The van der Waals surface area contributed by atoms with E-state index in [0.29, 0.717) is 28.5 Å². The zero-order valence-corrected chi connectivity index (χ0v) is 18.3. The molecular formula is C25H22N2O6. The largest absolute Gasteiger partial charge is 0.506 e. The zero-order valence-electron chi connectivity index (χ0n) is 18.3. The molecule has 1 aromatic heterocycles. The van der Waals surface area contributed by atoms with E-state index in [1.54, 1.807) is 67.0 Å². The molecule has 168 valence electrons. The van der Waals surface area contributed by atoms with Crippen LogP contribution in [0.15, 0.2) is 72.6 Å². The molecule has 4 rings (SSSR count). The fourth-order valence-corrected chi connectivity index (χ4v) is 3.99. The van der Waals surface area contributed by atoms with Crippen LogP contribution in [-0.2, 0) is 9.59 Å². The second-order valence-corrected chi connectivity index (χ2v) is 7.16. The number of aromatic nitrogens is 1. The molecule has 2 heterocycles. The SMILES string of the molecule is COc1ccccc1N1C(=O)C(=O)/C(=C(/O)c2c(OC)cccc2OC)C1c1ccncc1. The Labute approximate surface area is 190 Å². The number of rotatable bonds is 6. The van der Waals surface area contributed by atoms with Crippen LogP contribution in [0.5, 0.6) is 17.2 Å². The summed E-state index contributed by atoms with van der Waals surface area (Å²) in [7, 11) is 4.37. The van der Waals surface area contributed by atoms with Crippen LogP contribution in [0.25, 0.3) is 5.76 Å². The molecule has 0 bridgehead atoms. The predicted octanol–water partition coefficient (Wildman–Crippen LogP) is 3.73. The number of ether oxygens (including phenoxy) is 3. The lowest BCUT2D eigenvalue weighted by molar-refractivity contribution is -0.132. The number of benzene rings is 2. The molecule has 1 atom stereocenters. The highest BCUT2D eigenvalue weighted by Crippen LogP contribution is 2.46. The van der Waals surface area contributed by atoms with Gasteiger partial charge in [-0.25, -0.2) is 0 Å². The van der Waals surface area contributed by atoms with Crippen molar-refractivity contribution in [2.24, 2.45) is 0 Å². The van der Waals surface area contributed by atoms with Gasteiger partial charge in [-0.3, -0.25) is 19.5 Å². The summed E-state index contributed by atoms with van der Waals surface area (Å²) in [6.45, 7) is 0. The number of pyridine rings is 1. The lowest BCUT2D eigenvalue weighted by atomic mass is 9.95. The molecule has 1 N–H and O–H groups in total. The van der Waals surface area contributed by atoms with Crippen LogP contribution in [0, 0.1) is 0 Å². The van der Waals surface area contributed by atoms with Crippen LogP contribution in [0.2, 0.25) is 0 Å². The zero-order chi connectivity index (χ0) is 23.5. The van der Waals surface area contributed by atoms with Crippen molar-refractivity contribution >= 4 is 23.1 Å². The minimum absolute atomic E-state index is 0.0973. The molecule has 8 nitrogen and oxygen atoms in total. The summed E-state index contributed by atoms with van der Waals surface area (Å²) in [6.07, 6.45) is 3.11. The lowest BCUT2D eigenvalue weighted by Gasteiger charge is -2.26.